The number of hydrogen-bond acceptors (Lipinski definition) is 4. The van der Waals surface area contributed by atoms with Crippen molar-refractivity contribution >= 4 is 34.0 Å². The van der Waals surface area contributed by atoms with E-state index in [2.05, 4.69) is 0 Å². The van der Waals surface area contributed by atoms with Crippen molar-refractivity contribution in [3.63, 3.8) is 0 Å². The summed E-state index contributed by atoms with van der Waals surface area (Å²) >= 11 is -2.11. The van der Waals surface area contributed by atoms with Gasteiger partial charge in [-0.2, -0.15) is 0 Å². The third-order valence-corrected chi connectivity index (χ3v) is 4.88. The van der Waals surface area contributed by atoms with E-state index in [4.69, 9.17) is 16.1 Å². The summed E-state index contributed by atoms with van der Waals surface area (Å²) in [7, 11) is 0. The minimum atomic E-state index is -2.11. The van der Waals surface area contributed by atoms with Crippen LogP contribution >= 0.6 is 0 Å². The molecular weight excluding hydrogens is 290 g/mol. The Morgan fingerprint density at radius 1 is 0.636 bits per heavy atom. The molecule has 1 rings (SSSR count). The van der Waals surface area contributed by atoms with Crippen LogP contribution < -0.4 is 0 Å². The van der Waals surface area contributed by atoms with E-state index in [-0.39, 0.29) is 35.7 Å². The van der Waals surface area contributed by atoms with Gasteiger partial charge in [-0.25, -0.2) is 0 Å². The van der Waals surface area contributed by atoms with Gasteiger partial charge in [0.05, 0.1) is 0 Å². The Balaban J connectivity index is 0. The second kappa shape index (κ2) is 10.8. The van der Waals surface area contributed by atoms with Gasteiger partial charge in [0.25, 0.3) is 0 Å². The molecule has 0 bridgehead atoms. The Morgan fingerprint density at radius 3 is 1.05 bits per heavy atom. The number of hydrogen-bond donors (Lipinski definition) is 0. The number of ether oxygens (including phenoxy) is 1. The molecule has 1 heterocycles. The van der Waals surface area contributed by atoms with Gasteiger partial charge in [-0.05, 0) is 75.2 Å². The molecule has 6 heteroatoms. The molecule has 0 unspecified atom stereocenters. The van der Waals surface area contributed by atoms with Crippen LogP contribution in [0, 0.1) is 0 Å². The molecule has 0 spiro atoms. The molecule has 0 aromatic rings. The van der Waals surface area contributed by atoms with Gasteiger partial charge < -0.3 is 16.1 Å². The maximum absolute atomic E-state index is 5.88. The van der Waals surface area contributed by atoms with E-state index >= 15 is 0 Å². The van der Waals surface area contributed by atoms with E-state index in [9.17, 15) is 0 Å². The summed E-state index contributed by atoms with van der Waals surface area (Å²) in [5.41, 5.74) is -0.686. The fourth-order valence-corrected chi connectivity index (χ4v) is 3.32. The van der Waals surface area contributed by atoms with Crippen LogP contribution in [0.25, 0.3) is 0 Å². The van der Waals surface area contributed by atoms with Crippen LogP contribution in [0.2, 0.25) is 0 Å². The molecule has 0 atom stereocenters. The van der Waals surface area contributed by atoms with E-state index in [1.807, 2.05) is 62.3 Å². The van der Waals surface area contributed by atoms with Gasteiger partial charge in [0.2, 0.25) is 0 Å². The summed E-state index contributed by atoms with van der Waals surface area (Å²) in [4.78, 5) is 0. The van der Waals surface area contributed by atoms with Gasteiger partial charge in [0.1, 0.15) is 0 Å². The molecule has 0 aliphatic carbocycles. The summed E-state index contributed by atoms with van der Waals surface area (Å²) in [6.45, 7) is 20.2. The first kappa shape index (κ1) is 25.2. The first-order chi connectivity index (χ1) is 9.29. The van der Waals surface area contributed by atoms with Crippen LogP contribution in [0.15, 0.2) is 0 Å². The minimum absolute atomic E-state index is 0. The van der Waals surface area contributed by atoms with Crippen LogP contribution in [0.5, 0.6) is 0 Å². The van der Waals surface area contributed by atoms with E-state index in [0.717, 1.165) is 13.2 Å². The molecule has 1 aliphatic rings. The summed E-state index contributed by atoms with van der Waals surface area (Å²) in [6.07, 6.45) is 2.56. The average Bonchev–Trinajstić information content (AvgIpc) is 2.64. The molecule has 0 amide bonds. The van der Waals surface area contributed by atoms with Crippen LogP contribution in [-0.2, 0) is 16.1 Å². The van der Waals surface area contributed by atoms with Gasteiger partial charge in [-0.3, -0.25) is 0 Å². The van der Waals surface area contributed by atoms with Gasteiger partial charge in [0, 0.05) is 30.0 Å². The van der Waals surface area contributed by atoms with E-state index in [1.54, 1.807) is 0 Å². The summed E-state index contributed by atoms with van der Waals surface area (Å²) in [6, 6.07) is 0. The van der Waals surface area contributed by atoms with E-state index in [1.165, 1.54) is 12.8 Å². The zero-order chi connectivity index (χ0) is 16.7. The van der Waals surface area contributed by atoms with E-state index < -0.39 is 15.1 Å². The number of rotatable bonds is 3. The molecular formula is C16H36AlLiO4. The Labute approximate surface area is 155 Å². The molecule has 1 fully saturated rings. The fourth-order valence-electron chi connectivity index (χ4n) is 1.45. The van der Waals surface area contributed by atoms with E-state index in [0.29, 0.717) is 0 Å². The molecule has 1 aliphatic heterocycles. The van der Waals surface area contributed by atoms with Gasteiger partial charge in [-0.1, -0.05) is 0 Å². The van der Waals surface area contributed by atoms with Crippen LogP contribution in [0.1, 0.15) is 75.2 Å². The summed E-state index contributed by atoms with van der Waals surface area (Å²) < 4.78 is 22.6. The Morgan fingerprint density at radius 2 is 0.909 bits per heavy atom. The molecule has 0 saturated carbocycles. The summed E-state index contributed by atoms with van der Waals surface area (Å²) in [5, 5.41) is 0. The Hall–Kier alpha value is 0.970. The van der Waals surface area contributed by atoms with Gasteiger partial charge >= 0.3 is 34.0 Å². The average molecular weight is 326 g/mol. The summed E-state index contributed by atoms with van der Waals surface area (Å²) in [5.74, 6) is 0. The predicted octanol–water partition coefficient (Wildman–Crippen LogP) is 3.56. The van der Waals surface area contributed by atoms with Crippen LogP contribution in [0.4, 0.5) is 0 Å². The second-order valence-corrected chi connectivity index (χ2v) is 9.58. The van der Waals surface area contributed by atoms with Gasteiger partial charge in [0.15, 0.2) is 0 Å². The fraction of sp³-hybridized carbons (Fsp3) is 1.00. The van der Waals surface area contributed by atoms with Crippen molar-refractivity contribution < 1.29 is 16.1 Å². The van der Waals surface area contributed by atoms with Crippen LogP contribution in [-0.4, -0.2) is 64.0 Å². The van der Waals surface area contributed by atoms with Crippen molar-refractivity contribution in [2.24, 2.45) is 0 Å². The quantitative estimate of drug-likeness (QED) is 0.743. The van der Waals surface area contributed by atoms with Crippen molar-refractivity contribution in [1.29, 1.82) is 0 Å². The normalized spacial score (nSPS) is 15.7. The maximum atomic E-state index is 5.88. The molecule has 0 aromatic carbocycles. The predicted molar refractivity (Wildman–Crippen MR) is 95.5 cm³/mol. The zero-order valence-electron chi connectivity index (χ0n) is 15.5. The standard InChI is InChI=1S/C4H8O.3C4H9O.Al.Li.H/c1-2-4-5-3-1;3*1-4(2,3)5;;;/h1-4H2;3*1-3H3;;;/q;3*-1;+3;;. The SMILES string of the molecule is C1CCOC1.CC(C)(C)[O][Al]([O]C(C)(C)C)[O]C(C)(C)C.[LiH]. The molecule has 128 valence electrons. The topological polar surface area (TPSA) is 36.9 Å². The Kier molecular flexibility index (Phi) is 12.3. The van der Waals surface area contributed by atoms with Crippen molar-refractivity contribution in [3.8, 4) is 0 Å². The Bertz CT molecular complexity index is 230. The monoisotopic (exact) mass is 326 g/mol. The third kappa shape index (κ3) is 19.0. The third-order valence-electron chi connectivity index (χ3n) is 2.18. The first-order valence-electron chi connectivity index (χ1n) is 7.90. The first-order valence-corrected chi connectivity index (χ1v) is 9.31. The molecule has 0 radical (unpaired) electrons. The van der Waals surface area contributed by atoms with Crippen molar-refractivity contribution in [3.05, 3.63) is 0 Å². The second-order valence-electron chi connectivity index (χ2n) is 8.30. The molecule has 1 saturated heterocycles. The van der Waals surface area contributed by atoms with Crippen molar-refractivity contribution in [2.75, 3.05) is 13.2 Å². The zero-order valence-corrected chi connectivity index (χ0v) is 16.7. The van der Waals surface area contributed by atoms with Gasteiger partial charge in [-0.15, -0.1) is 0 Å². The van der Waals surface area contributed by atoms with Crippen molar-refractivity contribution in [1.82, 2.24) is 0 Å². The molecule has 4 nitrogen and oxygen atoms in total. The molecule has 0 N–H and O–H groups in total. The van der Waals surface area contributed by atoms with Crippen molar-refractivity contribution in [2.45, 2.75) is 92.0 Å². The van der Waals surface area contributed by atoms with Crippen LogP contribution in [0.3, 0.4) is 0 Å². The molecule has 0 aromatic heterocycles. The molecule has 22 heavy (non-hydrogen) atoms.